The number of rotatable bonds is 6. The third kappa shape index (κ3) is 5.36. The Kier molecular flexibility index (Phi) is 6.83. The van der Waals surface area contributed by atoms with E-state index in [4.69, 9.17) is 0 Å². The van der Waals surface area contributed by atoms with Gasteiger partial charge in [-0.3, -0.25) is 4.79 Å². The van der Waals surface area contributed by atoms with E-state index in [9.17, 15) is 23.2 Å². The van der Waals surface area contributed by atoms with Crippen LogP contribution in [-0.4, -0.2) is 19.0 Å². The first-order valence-corrected chi connectivity index (χ1v) is 8.74. The number of nitrogens with one attached hydrogen (secondary N) is 1. The first-order chi connectivity index (χ1) is 13.3. The molecule has 1 N–H and O–H groups in total. The van der Waals surface area contributed by atoms with Crippen molar-refractivity contribution < 1.29 is 18.0 Å². The summed E-state index contributed by atoms with van der Waals surface area (Å²) in [5.74, 6) is -0.769. The van der Waals surface area contributed by atoms with E-state index in [1.807, 2.05) is 26.0 Å². The quantitative estimate of drug-likeness (QED) is 0.554. The molecule has 4 nitrogen and oxygen atoms in total. The van der Waals surface area contributed by atoms with Gasteiger partial charge in [-0.1, -0.05) is 18.2 Å². The molecule has 0 aliphatic carbocycles. The van der Waals surface area contributed by atoms with Gasteiger partial charge in [-0.2, -0.15) is 18.4 Å². The maximum atomic E-state index is 12.8. The van der Waals surface area contributed by atoms with Crippen molar-refractivity contribution in [3.05, 3.63) is 65.2 Å². The predicted octanol–water partition coefficient (Wildman–Crippen LogP) is 5.10. The van der Waals surface area contributed by atoms with Crippen molar-refractivity contribution in [2.24, 2.45) is 0 Å². The highest BCUT2D eigenvalue weighted by molar-refractivity contribution is 6.09. The van der Waals surface area contributed by atoms with Gasteiger partial charge in [-0.05, 0) is 55.8 Å². The lowest BCUT2D eigenvalue weighted by atomic mass is 10.1. The molecule has 0 atom stereocenters. The molecule has 0 radical (unpaired) electrons. The fourth-order valence-electron chi connectivity index (χ4n) is 2.66. The zero-order valence-corrected chi connectivity index (χ0v) is 15.5. The number of amides is 1. The number of nitriles is 1. The Morgan fingerprint density at radius 1 is 1.14 bits per heavy atom. The van der Waals surface area contributed by atoms with Gasteiger partial charge in [0.05, 0.1) is 5.56 Å². The van der Waals surface area contributed by atoms with Crippen LogP contribution in [0, 0.1) is 11.3 Å². The lowest BCUT2D eigenvalue weighted by Gasteiger charge is -2.20. The van der Waals surface area contributed by atoms with Crippen LogP contribution in [-0.2, 0) is 11.0 Å². The molecule has 0 saturated carbocycles. The second-order valence-electron chi connectivity index (χ2n) is 5.97. The average molecular weight is 387 g/mol. The first-order valence-electron chi connectivity index (χ1n) is 8.74. The number of anilines is 2. The van der Waals surface area contributed by atoms with Gasteiger partial charge in [0.25, 0.3) is 5.91 Å². The second-order valence-corrected chi connectivity index (χ2v) is 5.97. The van der Waals surface area contributed by atoms with Crippen LogP contribution in [0.15, 0.2) is 54.1 Å². The van der Waals surface area contributed by atoms with Gasteiger partial charge >= 0.3 is 6.18 Å². The monoisotopic (exact) mass is 387 g/mol. The molecule has 1 amide bonds. The Labute approximate surface area is 161 Å². The summed E-state index contributed by atoms with van der Waals surface area (Å²) in [6.07, 6.45) is -3.11. The van der Waals surface area contributed by atoms with Gasteiger partial charge in [0.2, 0.25) is 0 Å². The average Bonchev–Trinajstić information content (AvgIpc) is 2.67. The van der Waals surface area contributed by atoms with Crippen molar-refractivity contribution in [2.75, 3.05) is 23.3 Å². The van der Waals surface area contributed by atoms with Crippen molar-refractivity contribution >= 4 is 23.4 Å². The molecular formula is C21H20F3N3O. The molecule has 0 unspecified atom stereocenters. The standard InChI is InChI=1S/C21H20F3N3O/c1-3-27(4-2)19-10-8-15(9-11-19)12-16(14-25)20(28)26-18-7-5-6-17(13-18)21(22,23)24/h5-13H,3-4H2,1-2H3,(H,26,28)/b16-12-. The first kappa shape index (κ1) is 21.0. The van der Waals surface area contributed by atoms with Crippen LogP contribution >= 0.6 is 0 Å². The number of hydrogen-bond donors (Lipinski definition) is 1. The predicted molar refractivity (Wildman–Crippen MR) is 104 cm³/mol. The molecule has 146 valence electrons. The van der Waals surface area contributed by atoms with Crippen molar-refractivity contribution in [3.8, 4) is 6.07 Å². The fourth-order valence-corrected chi connectivity index (χ4v) is 2.66. The van der Waals surface area contributed by atoms with E-state index in [2.05, 4.69) is 10.2 Å². The summed E-state index contributed by atoms with van der Waals surface area (Å²) in [6.45, 7) is 5.80. The van der Waals surface area contributed by atoms with Crippen molar-refractivity contribution in [1.29, 1.82) is 5.26 Å². The maximum Gasteiger partial charge on any atom is 0.416 e. The van der Waals surface area contributed by atoms with Crippen LogP contribution in [0.25, 0.3) is 6.08 Å². The summed E-state index contributed by atoms with van der Waals surface area (Å²) in [5.41, 5.74) is 0.561. The third-order valence-electron chi connectivity index (χ3n) is 4.15. The Morgan fingerprint density at radius 3 is 2.32 bits per heavy atom. The Hall–Kier alpha value is -3.27. The van der Waals surface area contributed by atoms with Crippen molar-refractivity contribution in [2.45, 2.75) is 20.0 Å². The van der Waals surface area contributed by atoms with Gasteiger partial charge in [0.1, 0.15) is 11.6 Å². The number of hydrogen-bond acceptors (Lipinski definition) is 3. The smallest absolute Gasteiger partial charge is 0.372 e. The Balaban J connectivity index is 2.19. The van der Waals surface area contributed by atoms with Crippen LogP contribution in [0.3, 0.4) is 0 Å². The van der Waals surface area contributed by atoms with E-state index in [1.54, 1.807) is 18.2 Å². The van der Waals surface area contributed by atoms with Crippen molar-refractivity contribution in [3.63, 3.8) is 0 Å². The highest BCUT2D eigenvalue weighted by Gasteiger charge is 2.30. The lowest BCUT2D eigenvalue weighted by Crippen LogP contribution is -2.21. The highest BCUT2D eigenvalue weighted by Crippen LogP contribution is 2.30. The van der Waals surface area contributed by atoms with E-state index in [0.717, 1.165) is 30.9 Å². The van der Waals surface area contributed by atoms with Gasteiger partial charge in [0, 0.05) is 24.5 Å². The molecule has 2 aromatic rings. The molecule has 0 fully saturated rings. The van der Waals surface area contributed by atoms with Crippen molar-refractivity contribution in [1.82, 2.24) is 0 Å². The van der Waals surface area contributed by atoms with Crippen LogP contribution in [0.2, 0.25) is 0 Å². The molecule has 0 heterocycles. The van der Waals surface area contributed by atoms with Crippen LogP contribution in [0.1, 0.15) is 25.0 Å². The van der Waals surface area contributed by atoms with Gasteiger partial charge in [0.15, 0.2) is 0 Å². The minimum absolute atomic E-state index is 0.0298. The van der Waals surface area contributed by atoms with Gasteiger partial charge in [-0.15, -0.1) is 0 Å². The molecule has 0 saturated heterocycles. The normalized spacial score (nSPS) is 11.6. The lowest BCUT2D eigenvalue weighted by molar-refractivity contribution is -0.137. The summed E-state index contributed by atoms with van der Waals surface area (Å²) < 4.78 is 38.3. The molecule has 0 aliphatic rings. The number of nitrogens with zero attached hydrogens (tertiary/aromatic N) is 2. The van der Waals surface area contributed by atoms with E-state index < -0.39 is 17.6 Å². The summed E-state index contributed by atoms with van der Waals surface area (Å²) in [6, 6.07) is 13.4. The van der Waals surface area contributed by atoms with E-state index in [-0.39, 0.29) is 11.3 Å². The molecule has 2 aromatic carbocycles. The molecule has 0 bridgehead atoms. The fraction of sp³-hybridized carbons (Fsp3) is 0.238. The maximum absolute atomic E-state index is 12.8. The van der Waals surface area contributed by atoms with E-state index in [1.165, 1.54) is 18.2 Å². The third-order valence-corrected chi connectivity index (χ3v) is 4.15. The molecule has 0 aromatic heterocycles. The molecule has 0 spiro atoms. The minimum atomic E-state index is -4.51. The SMILES string of the molecule is CCN(CC)c1ccc(/C=C(/C#N)C(=O)Nc2cccc(C(F)(F)F)c2)cc1. The molecular weight excluding hydrogens is 367 g/mol. The summed E-state index contributed by atoms with van der Waals surface area (Å²) in [7, 11) is 0. The molecule has 7 heteroatoms. The number of carbonyl (C=O) groups is 1. The van der Waals surface area contributed by atoms with Crippen LogP contribution in [0.5, 0.6) is 0 Å². The Bertz CT molecular complexity index is 892. The van der Waals surface area contributed by atoms with Gasteiger partial charge in [-0.25, -0.2) is 0 Å². The summed E-state index contributed by atoms with van der Waals surface area (Å²) in [5, 5.41) is 11.6. The van der Waals surface area contributed by atoms with Crippen LogP contribution in [0.4, 0.5) is 24.5 Å². The van der Waals surface area contributed by atoms with Gasteiger partial charge < -0.3 is 10.2 Å². The molecule has 2 rings (SSSR count). The Morgan fingerprint density at radius 2 is 1.79 bits per heavy atom. The number of carbonyl (C=O) groups excluding carboxylic acids is 1. The van der Waals surface area contributed by atoms with Crippen LogP contribution < -0.4 is 10.2 Å². The number of halogens is 3. The zero-order chi connectivity index (χ0) is 20.7. The zero-order valence-electron chi connectivity index (χ0n) is 15.5. The number of benzene rings is 2. The highest BCUT2D eigenvalue weighted by atomic mass is 19.4. The van der Waals surface area contributed by atoms with E-state index >= 15 is 0 Å². The minimum Gasteiger partial charge on any atom is -0.372 e. The number of alkyl halides is 3. The summed E-state index contributed by atoms with van der Waals surface area (Å²) in [4.78, 5) is 14.4. The largest absolute Gasteiger partial charge is 0.416 e. The van der Waals surface area contributed by atoms with E-state index in [0.29, 0.717) is 5.56 Å². The second kappa shape index (κ2) is 9.09. The summed E-state index contributed by atoms with van der Waals surface area (Å²) >= 11 is 0. The molecule has 0 aliphatic heterocycles. The molecule has 28 heavy (non-hydrogen) atoms. The topological polar surface area (TPSA) is 56.1 Å².